The van der Waals surface area contributed by atoms with E-state index in [1.54, 1.807) is 0 Å². The monoisotopic (exact) mass is 340 g/mol. The number of rotatable bonds is 5. The van der Waals surface area contributed by atoms with Gasteiger partial charge in [-0.3, -0.25) is 4.57 Å². The largest absolute Gasteiger partial charge is 0.324 e. The molecule has 4 rings (SSSR count). The molecule has 1 heterocycles. The Hall–Kier alpha value is -3.40. The molecule has 4 aromatic rings. The molecule has 0 saturated carbocycles. The van der Waals surface area contributed by atoms with Gasteiger partial charge in [0.25, 0.3) is 0 Å². The molecule has 4 nitrogen and oxygen atoms in total. The maximum absolute atomic E-state index is 4.46. The number of benzene rings is 3. The molecule has 4 heteroatoms. The summed E-state index contributed by atoms with van der Waals surface area (Å²) in [6.45, 7) is 2.78. The van der Waals surface area contributed by atoms with E-state index in [9.17, 15) is 0 Å². The van der Waals surface area contributed by atoms with Crippen molar-refractivity contribution in [3.05, 3.63) is 96.1 Å². The van der Waals surface area contributed by atoms with Crippen molar-refractivity contribution in [3.63, 3.8) is 0 Å². The van der Waals surface area contributed by atoms with E-state index in [4.69, 9.17) is 0 Å². The second-order valence-electron chi connectivity index (χ2n) is 6.28. The third-order valence-electron chi connectivity index (χ3n) is 4.27. The van der Waals surface area contributed by atoms with E-state index < -0.39 is 0 Å². The van der Waals surface area contributed by atoms with E-state index in [2.05, 4.69) is 75.5 Å². The highest BCUT2D eigenvalue weighted by molar-refractivity contribution is 5.61. The molecule has 0 fully saturated rings. The molecule has 1 aromatic heterocycles. The second-order valence-corrected chi connectivity index (χ2v) is 6.28. The molecule has 0 spiro atoms. The van der Waals surface area contributed by atoms with Crippen molar-refractivity contribution in [1.82, 2.24) is 14.8 Å². The Kier molecular flexibility index (Phi) is 4.48. The Labute approximate surface area is 153 Å². The lowest BCUT2D eigenvalue weighted by atomic mass is 10.1. The van der Waals surface area contributed by atoms with Crippen LogP contribution in [0, 0.1) is 6.92 Å². The Morgan fingerprint density at radius 1 is 0.769 bits per heavy atom. The van der Waals surface area contributed by atoms with Gasteiger partial charge >= 0.3 is 0 Å². The molecule has 0 aliphatic heterocycles. The summed E-state index contributed by atoms with van der Waals surface area (Å²) in [5.74, 6) is 1.59. The van der Waals surface area contributed by atoms with Crippen LogP contribution in [0.2, 0.25) is 0 Å². The van der Waals surface area contributed by atoms with E-state index in [1.807, 2.05) is 36.4 Å². The molecule has 0 bridgehead atoms. The predicted molar refractivity (Wildman–Crippen MR) is 105 cm³/mol. The molecule has 0 atom stereocenters. The molecular weight excluding hydrogens is 320 g/mol. The van der Waals surface area contributed by atoms with Gasteiger partial charge < -0.3 is 5.32 Å². The summed E-state index contributed by atoms with van der Waals surface area (Å²) in [6.07, 6.45) is 0. The van der Waals surface area contributed by atoms with Gasteiger partial charge in [0.2, 0.25) is 5.95 Å². The van der Waals surface area contributed by atoms with Gasteiger partial charge in [0.1, 0.15) is 0 Å². The SMILES string of the molecule is Cc1ccc(-c2nnc(Nc3ccccc3)n2Cc2ccccc2)cc1. The third kappa shape index (κ3) is 3.49. The van der Waals surface area contributed by atoms with Crippen LogP contribution < -0.4 is 5.32 Å². The topological polar surface area (TPSA) is 42.7 Å². The standard InChI is InChI=1S/C22H20N4/c1-17-12-14-19(15-13-17)21-24-25-22(23-20-10-6-3-7-11-20)26(21)16-18-8-4-2-5-9-18/h2-15H,16H2,1H3,(H,23,25). The fourth-order valence-electron chi connectivity index (χ4n) is 2.88. The molecule has 26 heavy (non-hydrogen) atoms. The highest BCUT2D eigenvalue weighted by Crippen LogP contribution is 2.24. The van der Waals surface area contributed by atoms with Crippen LogP contribution in [0.5, 0.6) is 0 Å². The van der Waals surface area contributed by atoms with E-state index >= 15 is 0 Å². The van der Waals surface area contributed by atoms with Crippen LogP contribution in [0.4, 0.5) is 11.6 Å². The summed E-state index contributed by atoms with van der Waals surface area (Å²) >= 11 is 0. The normalized spacial score (nSPS) is 10.7. The van der Waals surface area contributed by atoms with Crippen molar-refractivity contribution < 1.29 is 0 Å². The minimum absolute atomic E-state index is 0.701. The summed E-state index contributed by atoms with van der Waals surface area (Å²) in [5.41, 5.74) is 4.48. The lowest BCUT2D eigenvalue weighted by molar-refractivity contribution is 0.812. The minimum Gasteiger partial charge on any atom is -0.324 e. The maximum atomic E-state index is 4.46. The van der Waals surface area contributed by atoms with Gasteiger partial charge in [-0.15, -0.1) is 10.2 Å². The summed E-state index contributed by atoms with van der Waals surface area (Å²) in [6, 6.07) is 28.8. The summed E-state index contributed by atoms with van der Waals surface area (Å²) < 4.78 is 2.12. The van der Waals surface area contributed by atoms with Gasteiger partial charge in [-0.25, -0.2) is 0 Å². The zero-order chi connectivity index (χ0) is 17.8. The quantitative estimate of drug-likeness (QED) is 0.553. The van der Waals surface area contributed by atoms with Crippen LogP contribution >= 0.6 is 0 Å². The molecule has 0 radical (unpaired) electrons. The first kappa shape index (κ1) is 16.1. The van der Waals surface area contributed by atoms with Crippen molar-refractivity contribution in [3.8, 4) is 11.4 Å². The van der Waals surface area contributed by atoms with Crippen LogP contribution in [0.3, 0.4) is 0 Å². The molecule has 0 amide bonds. The third-order valence-corrected chi connectivity index (χ3v) is 4.27. The van der Waals surface area contributed by atoms with Crippen LogP contribution in [0.1, 0.15) is 11.1 Å². The molecule has 128 valence electrons. The fraction of sp³-hybridized carbons (Fsp3) is 0.0909. The number of nitrogens with one attached hydrogen (secondary N) is 1. The number of para-hydroxylation sites is 1. The Morgan fingerprint density at radius 2 is 1.42 bits per heavy atom. The molecule has 0 saturated heterocycles. The van der Waals surface area contributed by atoms with Crippen molar-refractivity contribution >= 4 is 11.6 Å². The fourth-order valence-corrected chi connectivity index (χ4v) is 2.88. The Morgan fingerprint density at radius 3 is 2.12 bits per heavy atom. The van der Waals surface area contributed by atoms with Gasteiger partial charge in [-0.05, 0) is 24.6 Å². The van der Waals surface area contributed by atoms with Gasteiger partial charge in [0.15, 0.2) is 5.82 Å². The molecule has 0 aliphatic rings. The average molecular weight is 340 g/mol. The molecule has 3 aromatic carbocycles. The first-order valence-electron chi connectivity index (χ1n) is 8.66. The number of aryl methyl sites for hydroxylation is 1. The van der Waals surface area contributed by atoms with E-state index in [0.717, 1.165) is 23.0 Å². The first-order chi connectivity index (χ1) is 12.8. The van der Waals surface area contributed by atoms with E-state index in [1.165, 1.54) is 11.1 Å². The highest BCUT2D eigenvalue weighted by atomic mass is 15.3. The maximum Gasteiger partial charge on any atom is 0.229 e. The van der Waals surface area contributed by atoms with Crippen molar-refractivity contribution in [1.29, 1.82) is 0 Å². The molecule has 1 N–H and O–H groups in total. The van der Waals surface area contributed by atoms with Crippen molar-refractivity contribution in [2.24, 2.45) is 0 Å². The van der Waals surface area contributed by atoms with Crippen LogP contribution in [-0.4, -0.2) is 14.8 Å². The van der Waals surface area contributed by atoms with Crippen LogP contribution in [-0.2, 0) is 6.54 Å². The Balaban J connectivity index is 1.75. The van der Waals surface area contributed by atoms with Gasteiger partial charge in [-0.1, -0.05) is 78.4 Å². The average Bonchev–Trinajstić information content (AvgIpc) is 3.06. The zero-order valence-corrected chi connectivity index (χ0v) is 14.6. The summed E-state index contributed by atoms with van der Waals surface area (Å²) in [5, 5.41) is 12.3. The van der Waals surface area contributed by atoms with Crippen LogP contribution in [0.25, 0.3) is 11.4 Å². The molecular formula is C22H20N4. The first-order valence-corrected chi connectivity index (χ1v) is 8.66. The number of hydrogen-bond donors (Lipinski definition) is 1. The molecule has 0 aliphatic carbocycles. The van der Waals surface area contributed by atoms with Gasteiger partial charge in [0.05, 0.1) is 6.54 Å². The number of hydrogen-bond acceptors (Lipinski definition) is 3. The lowest BCUT2D eigenvalue weighted by Crippen LogP contribution is -2.07. The zero-order valence-electron chi connectivity index (χ0n) is 14.6. The lowest BCUT2D eigenvalue weighted by Gasteiger charge is -2.12. The summed E-state index contributed by atoms with van der Waals surface area (Å²) in [7, 11) is 0. The van der Waals surface area contributed by atoms with Gasteiger partial charge in [-0.2, -0.15) is 0 Å². The summed E-state index contributed by atoms with van der Waals surface area (Å²) in [4.78, 5) is 0. The van der Waals surface area contributed by atoms with Crippen molar-refractivity contribution in [2.45, 2.75) is 13.5 Å². The smallest absolute Gasteiger partial charge is 0.229 e. The number of nitrogens with zero attached hydrogens (tertiary/aromatic N) is 3. The highest BCUT2D eigenvalue weighted by Gasteiger charge is 2.14. The Bertz CT molecular complexity index is 974. The predicted octanol–water partition coefficient (Wildman–Crippen LogP) is 5.05. The van der Waals surface area contributed by atoms with E-state index in [-0.39, 0.29) is 0 Å². The minimum atomic E-state index is 0.701. The number of anilines is 2. The van der Waals surface area contributed by atoms with Crippen molar-refractivity contribution in [2.75, 3.05) is 5.32 Å². The molecule has 0 unspecified atom stereocenters. The number of aromatic nitrogens is 3. The van der Waals surface area contributed by atoms with Gasteiger partial charge in [0, 0.05) is 11.3 Å². The van der Waals surface area contributed by atoms with E-state index in [0.29, 0.717) is 6.54 Å². The second kappa shape index (κ2) is 7.23. The van der Waals surface area contributed by atoms with Crippen LogP contribution in [0.15, 0.2) is 84.9 Å².